The van der Waals surface area contributed by atoms with Crippen LogP contribution < -0.4 is 10.6 Å². The average Bonchev–Trinajstić information content (AvgIpc) is 2.94. The van der Waals surface area contributed by atoms with Gasteiger partial charge in [-0.15, -0.1) is 24.0 Å². The third-order valence-corrected chi connectivity index (χ3v) is 3.50. The lowest BCUT2D eigenvalue weighted by Crippen LogP contribution is -2.37. The molecule has 0 fully saturated rings. The zero-order chi connectivity index (χ0) is 16.5. The number of aromatic amines is 1. The molecule has 0 atom stereocenters. The normalized spacial score (nSPS) is 11.0. The molecule has 0 aliphatic rings. The standard InChI is InChI=1S/C17H24FN5.HI/c1-3-19-17(21-11-14-6-4-8-16(18)10-14)20-9-5-7-15-12-22-23-13(15)2;/h4,6,8,10,12H,3,5,7,9,11H2,1-2H3,(H,22,23)(H2,19,20,21);1H. The third-order valence-electron chi connectivity index (χ3n) is 3.50. The van der Waals surface area contributed by atoms with Gasteiger partial charge in [0.1, 0.15) is 5.82 Å². The van der Waals surface area contributed by atoms with E-state index in [2.05, 4.69) is 25.8 Å². The Morgan fingerprint density at radius 2 is 2.17 bits per heavy atom. The Morgan fingerprint density at radius 3 is 2.83 bits per heavy atom. The molecule has 1 heterocycles. The fourth-order valence-corrected chi connectivity index (χ4v) is 2.26. The number of rotatable bonds is 7. The summed E-state index contributed by atoms with van der Waals surface area (Å²) in [5.74, 6) is 0.520. The summed E-state index contributed by atoms with van der Waals surface area (Å²) < 4.78 is 13.2. The molecule has 7 heteroatoms. The summed E-state index contributed by atoms with van der Waals surface area (Å²) in [6, 6.07) is 6.52. The lowest BCUT2D eigenvalue weighted by Gasteiger charge is -2.11. The van der Waals surface area contributed by atoms with Crippen LogP contribution in [-0.4, -0.2) is 29.2 Å². The van der Waals surface area contributed by atoms with Crippen molar-refractivity contribution in [2.75, 3.05) is 13.1 Å². The van der Waals surface area contributed by atoms with Gasteiger partial charge in [-0.2, -0.15) is 5.10 Å². The summed E-state index contributed by atoms with van der Waals surface area (Å²) in [7, 11) is 0. The maximum Gasteiger partial charge on any atom is 0.191 e. The minimum Gasteiger partial charge on any atom is -0.357 e. The molecule has 0 aliphatic carbocycles. The van der Waals surface area contributed by atoms with Gasteiger partial charge in [0.05, 0.1) is 12.7 Å². The molecule has 1 aromatic carbocycles. The van der Waals surface area contributed by atoms with Crippen LogP contribution in [0, 0.1) is 12.7 Å². The Morgan fingerprint density at radius 1 is 1.33 bits per heavy atom. The molecule has 0 unspecified atom stereocenters. The molecule has 24 heavy (non-hydrogen) atoms. The van der Waals surface area contributed by atoms with Gasteiger partial charge in [0.25, 0.3) is 0 Å². The smallest absolute Gasteiger partial charge is 0.191 e. The molecular weight excluding hydrogens is 420 g/mol. The SMILES string of the molecule is CCNC(=NCc1cccc(F)c1)NCCCc1cn[nH]c1C.I. The summed E-state index contributed by atoms with van der Waals surface area (Å²) >= 11 is 0. The summed E-state index contributed by atoms with van der Waals surface area (Å²) in [4.78, 5) is 4.49. The van der Waals surface area contributed by atoms with Crippen LogP contribution in [0.25, 0.3) is 0 Å². The Kier molecular flexibility index (Phi) is 9.36. The lowest BCUT2D eigenvalue weighted by molar-refractivity contribution is 0.625. The topological polar surface area (TPSA) is 65.1 Å². The summed E-state index contributed by atoms with van der Waals surface area (Å²) in [5, 5.41) is 13.5. The highest BCUT2D eigenvalue weighted by Crippen LogP contribution is 2.06. The van der Waals surface area contributed by atoms with E-state index in [9.17, 15) is 4.39 Å². The molecule has 2 aromatic rings. The van der Waals surface area contributed by atoms with Gasteiger partial charge in [-0.1, -0.05) is 12.1 Å². The lowest BCUT2D eigenvalue weighted by atomic mass is 10.1. The van der Waals surface area contributed by atoms with E-state index in [0.29, 0.717) is 6.54 Å². The number of aryl methyl sites for hydroxylation is 2. The highest BCUT2D eigenvalue weighted by atomic mass is 127. The zero-order valence-electron chi connectivity index (χ0n) is 14.1. The highest BCUT2D eigenvalue weighted by molar-refractivity contribution is 14.0. The number of guanidine groups is 1. The van der Waals surface area contributed by atoms with Gasteiger partial charge in [-0.3, -0.25) is 5.10 Å². The van der Waals surface area contributed by atoms with Crippen LogP contribution in [0.1, 0.15) is 30.2 Å². The first-order chi connectivity index (χ1) is 11.2. The molecule has 5 nitrogen and oxygen atoms in total. The highest BCUT2D eigenvalue weighted by Gasteiger charge is 2.01. The minimum atomic E-state index is -0.230. The zero-order valence-corrected chi connectivity index (χ0v) is 16.4. The molecule has 3 N–H and O–H groups in total. The van der Waals surface area contributed by atoms with Crippen LogP contribution >= 0.6 is 24.0 Å². The molecule has 0 spiro atoms. The minimum absolute atomic E-state index is 0. The van der Waals surface area contributed by atoms with Crippen molar-refractivity contribution in [1.29, 1.82) is 0 Å². The van der Waals surface area contributed by atoms with Gasteiger partial charge >= 0.3 is 0 Å². The van der Waals surface area contributed by atoms with Crippen LogP contribution in [0.5, 0.6) is 0 Å². The molecule has 2 rings (SSSR count). The van der Waals surface area contributed by atoms with Crippen molar-refractivity contribution in [2.45, 2.75) is 33.2 Å². The fourth-order valence-electron chi connectivity index (χ4n) is 2.26. The van der Waals surface area contributed by atoms with Crippen LogP contribution in [0.2, 0.25) is 0 Å². The largest absolute Gasteiger partial charge is 0.357 e. The Hall–Kier alpha value is -1.64. The van der Waals surface area contributed by atoms with E-state index in [0.717, 1.165) is 43.1 Å². The number of halogens is 2. The van der Waals surface area contributed by atoms with Gasteiger partial charge in [0, 0.05) is 18.8 Å². The molecule has 0 aliphatic heterocycles. The molecule has 0 saturated carbocycles. The van der Waals surface area contributed by atoms with Crippen molar-refractivity contribution in [3.63, 3.8) is 0 Å². The number of nitrogens with zero attached hydrogens (tertiary/aromatic N) is 2. The van der Waals surface area contributed by atoms with Gasteiger partial charge in [0.2, 0.25) is 0 Å². The fraction of sp³-hybridized carbons (Fsp3) is 0.412. The first-order valence-electron chi connectivity index (χ1n) is 7.94. The van der Waals surface area contributed by atoms with Gasteiger partial charge in [0.15, 0.2) is 5.96 Å². The van der Waals surface area contributed by atoms with Crippen LogP contribution in [0.3, 0.4) is 0 Å². The molecule has 0 saturated heterocycles. The first kappa shape index (κ1) is 20.4. The van der Waals surface area contributed by atoms with E-state index in [1.165, 1.54) is 17.7 Å². The van der Waals surface area contributed by atoms with E-state index in [1.807, 2.05) is 26.1 Å². The van der Waals surface area contributed by atoms with Crippen molar-refractivity contribution in [3.05, 3.63) is 53.1 Å². The number of H-pyrrole nitrogens is 1. The number of aliphatic imine (C=N–C) groups is 1. The predicted molar refractivity (Wildman–Crippen MR) is 106 cm³/mol. The van der Waals surface area contributed by atoms with Gasteiger partial charge in [-0.05, 0) is 49.9 Å². The molecule has 0 radical (unpaired) electrons. The van der Waals surface area contributed by atoms with Gasteiger partial charge < -0.3 is 10.6 Å². The average molecular weight is 445 g/mol. The molecule has 1 aromatic heterocycles. The monoisotopic (exact) mass is 445 g/mol. The van der Waals surface area contributed by atoms with E-state index in [-0.39, 0.29) is 29.8 Å². The summed E-state index contributed by atoms with van der Waals surface area (Å²) in [5.41, 5.74) is 3.22. The second-order valence-electron chi connectivity index (χ2n) is 5.38. The van der Waals surface area contributed by atoms with Crippen molar-refractivity contribution in [1.82, 2.24) is 20.8 Å². The van der Waals surface area contributed by atoms with Crippen molar-refractivity contribution in [2.24, 2.45) is 4.99 Å². The Bertz CT molecular complexity index is 641. The number of hydrogen-bond acceptors (Lipinski definition) is 2. The van der Waals surface area contributed by atoms with E-state index in [4.69, 9.17) is 0 Å². The van der Waals surface area contributed by atoms with Crippen molar-refractivity contribution >= 4 is 29.9 Å². The Balaban J connectivity index is 0.00000288. The maximum absolute atomic E-state index is 13.2. The summed E-state index contributed by atoms with van der Waals surface area (Å²) in [6.45, 7) is 6.11. The van der Waals surface area contributed by atoms with Crippen molar-refractivity contribution in [3.8, 4) is 0 Å². The predicted octanol–water partition coefficient (Wildman–Crippen LogP) is 3.16. The van der Waals surface area contributed by atoms with E-state index < -0.39 is 0 Å². The molecular formula is C17H25FIN5. The second kappa shape index (κ2) is 11.0. The summed E-state index contributed by atoms with van der Waals surface area (Å²) in [6.07, 6.45) is 3.84. The first-order valence-corrected chi connectivity index (χ1v) is 7.94. The number of aromatic nitrogens is 2. The number of benzene rings is 1. The Labute approximate surface area is 159 Å². The van der Waals surface area contributed by atoms with Crippen LogP contribution in [-0.2, 0) is 13.0 Å². The van der Waals surface area contributed by atoms with E-state index >= 15 is 0 Å². The van der Waals surface area contributed by atoms with E-state index in [1.54, 1.807) is 6.07 Å². The number of nitrogens with one attached hydrogen (secondary N) is 3. The third kappa shape index (κ3) is 6.86. The molecule has 132 valence electrons. The maximum atomic E-state index is 13.2. The second-order valence-corrected chi connectivity index (χ2v) is 5.38. The van der Waals surface area contributed by atoms with Crippen LogP contribution in [0.15, 0.2) is 35.5 Å². The quantitative estimate of drug-likeness (QED) is 0.266. The molecule has 0 bridgehead atoms. The van der Waals surface area contributed by atoms with Crippen LogP contribution in [0.4, 0.5) is 4.39 Å². The van der Waals surface area contributed by atoms with Crippen molar-refractivity contribution < 1.29 is 4.39 Å². The number of hydrogen-bond donors (Lipinski definition) is 3. The molecule has 0 amide bonds. The van der Waals surface area contributed by atoms with Gasteiger partial charge in [-0.25, -0.2) is 9.38 Å².